The van der Waals surface area contributed by atoms with Gasteiger partial charge in [-0.05, 0) is 12.1 Å². The molecule has 0 aromatic heterocycles. The van der Waals surface area contributed by atoms with E-state index in [1.54, 1.807) is 62.3 Å². The van der Waals surface area contributed by atoms with Crippen molar-refractivity contribution in [3.63, 3.8) is 0 Å². The lowest BCUT2D eigenvalue weighted by molar-refractivity contribution is 0.0848. The maximum atomic E-state index is 12.8. The van der Waals surface area contributed by atoms with Crippen LogP contribution in [0.15, 0.2) is 12.1 Å². The normalized spacial score (nSPS) is 12.8. The minimum absolute atomic E-state index is 0.0233. The van der Waals surface area contributed by atoms with Gasteiger partial charge in [0.2, 0.25) is 0 Å². The summed E-state index contributed by atoms with van der Waals surface area (Å²) in [6.45, 7) is 15.7. The highest BCUT2D eigenvalue weighted by Gasteiger charge is 2.33. The van der Waals surface area contributed by atoms with Crippen molar-refractivity contribution in [1.82, 2.24) is 0 Å². The summed E-state index contributed by atoms with van der Waals surface area (Å²) in [7, 11) is 0. The molecule has 0 aliphatic rings. The Kier molecular flexibility index (Phi) is 5.39. The van der Waals surface area contributed by atoms with Crippen molar-refractivity contribution in [2.45, 2.75) is 62.3 Å². The van der Waals surface area contributed by atoms with Crippen LogP contribution in [0.1, 0.15) is 93.4 Å². The summed E-state index contributed by atoms with van der Waals surface area (Å²) in [4.78, 5) is 38.2. The highest BCUT2D eigenvalue weighted by Crippen LogP contribution is 2.35. The van der Waals surface area contributed by atoms with Crippen LogP contribution in [0.3, 0.4) is 0 Å². The van der Waals surface area contributed by atoms with Crippen LogP contribution in [-0.4, -0.2) is 22.5 Å². The second kappa shape index (κ2) is 6.40. The molecule has 1 N–H and O–H groups in total. The Balaban J connectivity index is 3.77. The first-order valence-corrected chi connectivity index (χ1v) is 8.49. The Labute approximate surface area is 150 Å². The number of aromatic hydroxyl groups is 1. The van der Waals surface area contributed by atoms with Gasteiger partial charge in [-0.15, -0.1) is 0 Å². The van der Waals surface area contributed by atoms with Gasteiger partial charge < -0.3 is 5.11 Å². The van der Waals surface area contributed by atoms with Crippen LogP contribution in [0.4, 0.5) is 0 Å². The highest BCUT2D eigenvalue weighted by molar-refractivity contribution is 6.12. The summed E-state index contributed by atoms with van der Waals surface area (Å²) in [5, 5.41) is 10.6. The van der Waals surface area contributed by atoms with Crippen molar-refractivity contribution >= 4 is 17.3 Å². The summed E-state index contributed by atoms with van der Waals surface area (Å²) in [5.41, 5.74) is -1.84. The van der Waals surface area contributed by atoms with Gasteiger partial charge in [0.1, 0.15) is 5.75 Å². The molecular weight excluding hydrogens is 316 g/mol. The minimum Gasteiger partial charge on any atom is -0.506 e. The number of carbonyl (C=O) groups excluding carboxylic acids is 3. The summed E-state index contributed by atoms with van der Waals surface area (Å²) in [6, 6.07) is 2.83. The molecule has 4 nitrogen and oxygen atoms in total. The van der Waals surface area contributed by atoms with Crippen molar-refractivity contribution < 1.29 is 19.5 Å². The minimum atomic E-state index is -0.747. The van der Waals surface area contributed by atoms with Crippen molar-refractivity contribution in [3.8, 4) is 5.75 Å². The third-order valence-electron chi connectivity index (χ3n) is 3.90. The Hall–Kier alpha value is -1.97. The van der Waals surface area contributed by atoms with E-state index < -0.39 is 16.2 Å². The Morgan fingerprint density at radius 3 is 1.16 bits per heavy atom. The number of rotatable bonds is 3. The van der Waals surface area contributed by atoms with E-state index >= 15 is 0 Å². The predicted octanol–water partition coefficient (Wildman–Crippen LogP) is 5.08. The molecule has 0 fully saturated rings. The van der Waals surface area contributed by atoms with E-state index in [4.69, 9.17) is 0 Å². The van der Waals surface area contributed by atoms with Gasteiger partial charge in [-0.25, -0.2) is 0 Å². The summed E-state index contributed by atoms with van der Waals surface area (Å²) < 4.78 is 0. The highest BCUT2D eigenvalue weighted by atomic mass is 16.3. The van der Waals surface area contributed by atoms with Gasteiger partial charge in [0, 0.05) is 21.8 Å². The number of phenols is 1. The smallest absolute Gasteiger partial charge is 0.171 e. The first kappa shape index (κ1) is 21.1. The summed E-state index contributed by atoms with van der Waals surface area (Å²) in [5.74, 6) is -1.14. The van der Waals surface area contributed by atoms with Crippen LogP contribution >= 0.6 is 0 Å². The summed E-state index contributed by atoms with van der Waals surface area (Å²) in [6.07, 6.45) is 0. The Morgan fingerprint density at radius 1 is 0.640 bits per heavy atom. The van der Waals surface area contributed by atoms with Gasteiger partial charge in [0.05, 0.1) is 11.1 Å². The van der Waals surface area contributed by atoms with Crippen LogP contribution in [0, 0.1) is 16.2 Å². The molecule has 0 saturated carbocycles. The fraction of sp³-hybridized carbons (Fsp3) is 0.571. The number of ketones is 3. The van der Waals surface area contributed by atoms with Crippen LogP contribution in [-0.2, 0) is 0 Å². The van der Waals surface area contributed by atoms with E-state index in [1.807, 2.05) is 0 Å². The zero-order chi connectivity index (χ0) is 20.0. The van der Waals surface area contributed by atoms with E-state index in [9.17, 15) is 19.5 Å². The largest absolute Gasteiger partial charge is 0.506 e. The molecule has 0 unspecified atom stereocenters. The molecule has 0 aliphatic carbocycles. The number of carbonyl (C=O) groups is 3. The Morgan fingerprint density at radius 2 is 0.920 bits per heavy atom. The molecule has 4 heteroatoms. The van der Waals surface area contributed by atoms with Crippen molar-refractivity contribution in [3.05, 3.63) is 28.8 Å². The number of phenolic OH excluding ortho intramolecular Hbond substituents is 1. The van der Waals surface area contributed by atoms with Gasteiger partial charge in [-0.1, -0.05) is 62.3 Å². The van der Waals surface area contributed by atoms with Crippen molar-refractivity contribution in [1.29, 1.82) is 0 Å². The van der Waals surface area contributed by atoms with Gasteiger partial charge in [0.15, 0.2) is 17.3 Å². The molecule has 0 saturated heterocycles. The lowest BCUT2D eigenvalue weighted by Gasteiger charge is -2.23. The van der Waals surface area contributed by atoms with E-state index in [1.165, 1.54) is 12.1 Å². The zero-order valence-corrected chi connectivity index (χ0v) is 16.8. The lowest BCUT2D eigenvalue weighted by atomic mass is 9.79. The number of hydrogen-bond acceptors (Lipinski definition) is 4. The van der Waals surface area contributed by atoms with E-state index in [-0.39, 0.29) is 39.8 Å². The second-order valence-electron chi connectivity index (χ2n) is 9.66. The Bertz CT molecular complexity index is 673. The lowest BCUT2D eigenvalue weighted by Crippen LogP contribution is -2.26. The molecule has 0 bridgehead atoms. The quantitative estimate of drug-likeness (QED) is 0.775. The standard InChI is InChI=1S/C21H30O4/c1-19(2,3)16(23)12-10-13(17(24)20(4,5)6)15(22)14(11-12)18(25)21(7,8)9/h10-11,22H,1-9H3. The molecule has 0 amide bonds. The van der Waals surface area contributed by atoms with Crippen molar-refractivity contribution in [2.75, 3.05) is 0 Å². The average molecular weight is 346 g/mol. The maximum absolute atomic E-state index is 12.8. The SMILES string of the molecule is CC(C)(C)C(=O)c1cc(C(=O)C(C)(C)C)c(O)c(C(=O)C(C)(C)C)c1. The molecule has 1 rings (SSSR count). The maximum Gasteiger partial charge on any atom is 0.171 e. The fourth-order valence-electron chi connectivity index (χ4n) is 2.35. The third-order valence-corrected chi connectivity index (χ3v) is 3.90. The molecule has 0 atom stereocenters. The first-order valence-electron chi connectivity index (χ1n) is 8.49. The number of hydrogen-bond donors (Lipinski definition) is 1. The molecule has 25 heavy (non-hydrogen) atoms. The number of benzene rings is 1. The first-order chi connectivity index (χ1) is 11.0. The van der Waals surface area contributed by atoms with E-state index in [2.05, 4.69) is 0 Å². The fourth-order valence-corrected chi connectivity index (χ4v) is 2.35. The molecule has 0 spiro atoms. The van der Waals surface area contributed by atoms with Crippen LogP contribution in [0.2, 0.25) is 0 Å². The van der Waals surface area contributed by atoms with Gasteiger partial charge in [-0.3, -0.25) is 14.4 Å². The molecule has 138 valence electrons. The van der Waals surface area contributed by atoms with Crippen LogP contribution in [0.25, 0.3) is 0 Å². The molecule has 1 aromatic rings. The zero-order valence-electron chi connectivity index (χ0n) is 16.8. The van der Waals surface area contributed by atoms with Crippen LogP contribution < -0.4 is 0 Å². The molecule has 0 aliphatic heterocycles. The molecule has 0 radical (unpaired) electrons. The third kappa shape index (κ3) is 4.56. The molecule has 1 aromatic carbocycles. The van der Waals surface area contributed by atoms with Gasteiger partial charge >= 0.3 is 0 Å². The second-order valence-corrected chi connectivity index (χ2v) is 9.66. The average Bonchev–Trinajstić information content (AvgIpc) is 2.42. The van der Waals surface area contributed by atoms with Gasteiger partial charge in [-0.2, -0.15) is 0 Å². The monoisotopic (exact) mass is 346 g/mol. The molecule has 0 heterocycles. The predicted molar refractivity (Wildman–Crippen MR) is 99.5 cm³/mol. The van der Waals surface area contributed by atoms with Crippen LogP contribution in [0.5, 0.6) is 5.75 Å². The van der Waals surface area contributed by atoms with E-state index in [0.29, 0.717) is 0 Å². The summed E-state index contributed by atoms with van der Waals surface area (Å²) >= 11 is 0. The molecular formula is C21H30O4. The topological polar surface area (TPSA) is 71.4 Å². The van der Waals surface area contributed by atoms with Gasteiger partial charge in [0.25, 0.3) is 0 Å². The van der Waals surface area contributed by atoms with E-state index in [0.717, 1.165) is 0 Å². The van der Waals surface area contributed by atoms with Crippen molar-refractivity contribution in [2.24, 2.45) is 16.2 Å². The number of Topliss-reactive ketones (excluding diaryl/α,β-unsaturated/α-hetero) is 3.